The van der Waals surface area contributed by atoms with E-state index in [-0.39, 0.29) is 17.7 Å². The van der Waals surface area contributed by atoms with Crippen molar-refractivity contribution in [3.63, 3.8) is 0 Å². The Morgan fingerprint density at radius 3 is 2.52 bits per heavy atom. The topological polar surface area (TPSA) is 50.5 Å². The van der Waals surface area contributed by atoms with Crippen molar-refractivity contribution in [2.75, 3.05) is 0 Å². The summed E-state index contributed by atoms with van der Waals surface area (Å²) in [7, 11) is 0. The van der Waals surface area contributed by atoms with E-state index in [4.69, 9.17) is 27.6 Å². The molecule has 1 aliphatic heterocycles. The van der Waals surface area contributed by atoms with E-state index in [1.165, 1.54) is 0 Å². The number of nitrogens with zero attached hydrogens (tertiary/aromatic N) is 1. The third kappa shape index (κ3) is 4.46. The Kier molecular flexibility index (Phi) is 5.88. The lowest BCUT2D eigenvalue weighted by Crippen LogP contribution is -2.27. The van der Waals surface area contributed by atoms with Gasteiger partial charge in [0.1, 0.15) is 11.5 Å². The number of halogens is 3. The fourth-order valence-corrected chi connectivity index (χ4v) is 4.34. The van der Waals surface area contributed by atoms with Gasteiger partial charge in [0.05, 0.1) is 11.4 Å². The predicted molar refractivity (Wildman–Crippen MR) is 120 cm³/mol. The maximum atomic E-state index is 12.7. The number of rotatable bonds is 4. The van der Waals surface area contributed by atoms with Crippen molar-refractivity contribution in [2.45, 2.75) is 6.54 Å². The molecule has 1 aliphatic rings. The smallest absolute Gasteiger partial charge is 0.293 e. The lowest BCUT2D eigenvalue weighted by atomic mass is 10.2. The number of carbonyl (C=O) groups excluding carboxylic acids is 2. The van der Waals surface area contributed by atoms with E-state index >= 15 is 0 Å². The molecule has 0 bridgehead atoms. The lowest BCUT2D eigenvalue weighted by molar-refractivity contribution is -0.123. The van der Waals surface area contributed by atoms with Crippen LogP contribution in [-0.4, -0.2) is 16.0 Å². The molecule has 3 aromatic rings. The van der Waals surface area contributed by atoms with Crippen LogP contribution in [0.25, 0.3) is 17.4 Å². The van der Waals surface area contributed by atoms with Gasteiger partial charge in [0, 0.05) is 26.2 Å². The van der Waals surface area contributed by atoms with Gasteiger partial charge in [-0.05, 0) is 53.7 Å². The van der Waals surface area contributed by atoms with E-state index in [0.717, 1.165) is 26.7 Å². The van der Waals surface area contributed by atoms with Gasteiger partial charge >= 0.3 is 0 Å². The van der Waals surface area contributed by atoms with Crippen LogP contribution < -0.4 is 0 Å². The van der Waals surface area contributed by atoms with Crippen LogP contribution in [-0.2, 0) is 11.3 Å². The summed E-state index contributed by atoms with van der Waals surface area (Å²) >= 11 is 16.3. The van der Waals surface area contributed by atoms with Crippen molar-refractivity contribution < 1.29 is 14.0 Å². The van der Waals surface area contributed by atoms with Crippen LogP contribution in [0.2, 0.25) is 10.0 Å². The maximum Gasteiger partial charge on any atom is 0.293 e. The molecule has 29 heavy (non-hydrogen) atoms. The Bertz CT molecular complexity index is 1140. The van der Waals surface area contributed by atoms with Crippen LogP contribution in [0.4, 0.5) is 4.79 Å². The fraction of sp³-hybridized carbons (Fsp3) is 0.0476. The van der Waals surface area contributed by atoms with Crippen LogP contribution >= 0.6 is 50.9 Å². The van der Waals surface area contributed by atoms with Gasteiger partial charge in [-0.3, -0.25) is 14.5 Å². The number of carbonyl (C=O) groups is 2. The minimum Gasteiger partial charge on any atom is -0.457 e. The van der Waals surface area contributed by atoms with Crippen LogP contribution in [0, 0.1) is 0 Å². The van der Waals surface area contributed by atoms with Gasteiger partial charge in [-0.1, -0.05) is 57.3 Å². The average Bonchev–Trinajstić information content (AvgIpc) is 3.25. The van der Waals surface area contributed by atoms with Gasteiger partial charge in [0.15, 0.2) is 0 Å². The molecule has 1 saturated heterocycles. The minimum atomic E-state index is -0.382. The molecule has 0 unspecified atom stereocenters. The second-order valence-corrected chi connectivity index (χ2v) is 8.96. The van der Waals surface area contributed by atoms with Gasteiger partial charge < -0.3 is 4.42 Å². The maximum absolute atomic E-state index is 12.7. The highest BCUT2D eigenvalue weighted by Gasteiger charge is 2.35. The summed E-state index contributed by atoms with van der Waals surface area (Å²) in [5.41, 5.74) is 1.56. The molecule has 1 aromatic heterocycles. The molecule has 146 valence electrons. The molecule has 0 aliphatic carbocycles. The number of amides is 2. The molecule has 4 nitrogen and oxygen atoms in total. The summed E-state index contributed by atoms with van der Waals surface area (Å²) in [5.74, 6) is 0.793. The van der Waals surface area contributed by atoms with E-state index in [9.17, 15) is 9.59 Å². The van der Waals surface area contributed by atoms with E-state index < -0.39 is 0 Å². The number of hydrogen-bond donors (Lipinski definition) is 0. The SMILES string of the molecule is O=C1S/C(=C/c2ccc(-c3ccc(Br)cc3)o2)C(=O)N1Cc1ccc(Cl)cc1Cl. The summed E-state index contributed by atoms with van der Waals surface area (Å²) in [5, 5.41) is 0.546. The third-order valence-electron chi connectivity index (χ3n) is 4.25. The van der Waals surface area contributed by atoms with Gasteiger partial charge in [-0.15, -0.1) is 0 Å². The number of hydrogen-bond acceptors (Lipinski definition) is 4. The largest absolute Gasteiger partial charge is 0.457 e. The van der Waals surface area contributed by atoms with Gasteiger partial charge in [-0.25, -0.2) is 0 Å². The van der Waals surface area contributed by atoms with Crippen molar-refractivity contribution in [3.05, 3.63) is 85.3 Å². The molecule has 2 aromatic carbocycles. The summed E-state index contributed by atoms with van der Waals surface area (Å²) in [6.07, 6.45) is 1.58. The zero-order chi connectivity index (χ0) is 20.5. The Morgan fingerprint density at radius 2 is 1.79 bits per heavy atom. The fourth-order valence-electron chi connectivity index (χ4n) is 2.79. The van der Waals surface area contributed by atoms with Crippen LogP contribution in [0.1, 0.15) is 11.3 Å². The standard InChI is InChI=1S/C21H12BrCl2NO3S/c22-14-4-1-12(2-5-14)18-8-7-16(28-18)10-19-20(26)25(21(27)29-19)11-13-3-6-15(23)9-17(13)24/h1-10H,11H2/b19-10+. The molecule has 0 N–H and O–H groups in total. The van der Waals surface area contributed by atoms with Gasteiger partial charge in [-0.2, -0.15) is 0 Å². The molecule has 1 fully saturated rings. The highest BCUT2D eigenvalue weighted by molar-refractivity contribution is 9.10. The summed E-state index contributed by atoms with van der Waals surface area (Å²) < 4.78 is 6.79. The molecule has 8 heteroatoms. The van der Waals surface area contributed by atoms with E-state index in [1.54, 1.807) is 30.3 Å². The van der Waals surface area contributed by atoms with Crippen LogP contribution in [0.15, 0.2) is 68.4 Å². The predicted octanol–water partition coefficient (Wildman–Crippen LogP) is 7.25. The third-order valence-corrected chi connectivity index (χ3v) is 6.27. The molecule has 0 spiro atoms. The van der Waals surface area contributed by atoms with E-state index in [2.05, 4.69) is 15.9 Å². The zero-order valence-electron chi connectivity index (χ0n) is 14.7. The Morgan fingerprint density at radius 1 is 1.03 bits per heavy atom. The Balaban J connectivity index is 1.54. The normalized spacial score (nSPS) is 15.6. The van der Waals surface area contributed by atoms with Gasteiger partial charge in [0.25, 0.3) is 11.1 Å². The van der Waals surface area contributed by atoms with E-state index in [0.29, 0.717) is 32.0 Å². The first-order valence-electron chi connectivity index (χ1n) is 8.46. The molecule has 2 heterocycles. The first kappa shape index (κ1) is 20.3. The average molecular weight is 509 g/mol. The lowest BCUT2D eigenvalue weighted by Gasteiger charge is -2.13. The molecular weight excluding hydrogens is 497 g/mol. The van der Waals surface area contributed by atoms with Crippen molar-refractivity contribution in [1.82, 2.24) is 4.90 Å². The molecule has 0 saturated carbocycles. The van der Waals surface area contributed by atoms with Crippen molar-refractivity contribution >= 4 is 68.1 Å². The van der Waals surface area contributed by atoms with Crippen LogP contribution in [0.5, 0.6) is 0 Å². The molecule has 0 atom stereocenters. The second kappa shape index (κ2) is 8.40. The Hall–Kier alpha value is -1.99. The molecular formula is C21H12BrCl2NO3S. The van der Waals surface area contributed by atoms with Crippen molar-refractivity contribution in [3.8, 4) is 11.3 Å². The number of furan rings is 1. The minimum absolute atomic E-state index is 0.0836. The summed E-state index contributed by atoms with van der Waals surface area (Å²) in [6.45, 7) is 0.0836. The summed E-state index contributed by atoms with van der Waals surface area (Å²) in [6, 6.07) is 16.2. The number of benzene rings is 2. The van der Waals surface area contributed by atoms with Gasteiger partial charge in [0.2, 0.25) is 0 Å². The first-order chi connectivity index (χ1) is 13.9. The summed E-state index contributed by atoms with van der Waals surface area (Å²) in [4.78, 5) is 26.5. The zero-order valence-corrected chi connectivity index (χ0v) is 18.6. The monoisotopic (exact) mass is 507 g/mol. The second-order valence-electron chi connectivity index (χ2n) is 6.21. The molecule has 0 radical (unpaired) electrons. The molecule has 4 rings (SSSR count). The quantitative estimate of drug-likeness (QED) is 0.348. The van der Waals surface area contributed by atoms with Crippen molar-refractivity contribution in [1.29, 1.82) is 0 Å². The highest BCUT2D eigenvalue weighted by Crippen LogP contribution is 2.35. The van der Waals surface area contributed by atoms with E-state index in [1.807, 2.05) is 30.3 Å². The first-order valence-corrected chi connectivity index (χ1v) is 10.8. The highest BCUT2D eigenvalue weighted by atomic mass is 79.9. The van der Waals surface area contributed by atoms with Crippen molar-refractivity contribution in [2.24, 2.45) is 0 Å². The molecule has 2 amide bonds. The van der Waals surface area contributed by atoms with Crippen LogP contribution in [0.3, 0.4) is 0 Å². The number of imide groups is 1. The Labute approximate surface area is 189 Å². The number of thioether (sulfide) groups is 1.